The van der Waals surface area contributed by atoms with Crippen LogP contribution in [0.15, 0.2) is 166 Å². The van der Waals surface area contributed by atoms with Crippen LogP contribution in [0.4, 0.5) is 0 Å². The van der Waals surface area contributed by atoms with E-state index in [2.05, 4.69) is 84.9 Å². The molecule has 1 aliphatic heterocycles. The first-order valence-corrected chi connectivity index (χ1v) is 16.5. The second-order valence-electron chi connectivity index (χ2n) is 12.0. The summed E-state index contributed by atoms with van der Waals surface area (Å²) in [6.07, 6.45) is 1.80. The van der Waals surface area contributed by atoms with E-state index < -0.39 is 5.41 Å². The minimum atomic E-state index is -0.526. The van der Waals surface area contributed by atoms with Crippen LogP contribution in [-0.4, -0.2) is 15.0 Å². The third-order valence-corrected chi connectivity index (χ3v) is 10.6. The van der Waals surface area contributed by atoms with Gasteiger partial charge < -0.3 is 4.42 Å². The summed E-state index contributed by atoms with van der Waals surface area (Å²) >= 11 is 1.85. The number of hydrogen-bond acceptors (Lipinski definition) is 5. The molecule has 0 fully saturated rings. The lowest BCUT2D eigenvalue weighted by Gasteiger charge is -2.39. The van der Waals surface area contributed by atoms with Gasteiger partial charge in [0.2, 0.25) is 0 Å². The summed E-state index contributed by atoms with van der Waals surface area (Å²) in [6.45, 7) is 0. The maximum atomic E-state index is 5.95. The monoisotopic (exact) mass is 619 g/mol. The van der Waals surface area contributed by atoms with Gasteiger partial charge in [-0.25, -0.2) is 15.0 Å². The molecule has 220 valence electrons. The zero-order chi connectivity index (χ0) is 31.0. The Hall–Kier alpha value is -5.78. The molecule has 0 saturated carbocycles. The van der Waals surface area contributed by atoms with Gasteiger partial charge in [-0.1, -0.05) is 127 Å². The zero-order valence-electron chi connectivity index (χ0n) is 25.1. The van der Waals surface area contributed by atoms with Crippen LogP contribution in [-0.2, 0) is 5.41 Å². The van der Waals surface area contributed by atoms with Crippen LogP contribution in [0.5, 0.6) is 0 Å². The van der Waals surface area contributed by atoms with Gasteiger partial charge in [-0.15, -0.1) is 0 Å². The minimum absolute atomic E-state index is 0.526. The van der Waals surface area contributed by atoms with Crippen molar-refractivity contribution in [2.45, 2.75) is 15.2 Å². The molecule has 0 bridgehead atoms. The van der Waals surface area contributed by atoms with Crippen molar-refractivity contribution >= 4 is 22.7 Å². The zero-order valence-corrected chi connectivity index (χ0v) is 25.9. The summed E-state index contributed by atoms with van der Waals surface area (Å²) in [5, 5.41) is 1.12. The molecule has 4 nitrogen and oxygen atoms in total. The predicted molar refractivity (Wildman–Crippen MR) is 187 cm³/mol. The first-order valence-electron chi connectivity index (χ1n) is 15.7. The molecule has 0 saturated heterocycles. The van der Waals surface area contributed by atoms with E-state index in [9.17, 15) is 0 Å². The Bertz CT molecular complexity index is 2400. The lowest BCUT2D eigenvalue weighted by Crippen LogP contribution is -2.32. The predicted octanol–water partition coefficient (Wildman–Crippen LogP) is 10.4. The molecule has 47 heavy (non-hydrogen) atoms. The Balaban J connectivity index is 1.29. The van der Waals surface area contributed by atoms with E-state index in [4.69, 9.17) is 19.4 Å². The van der Waals surface area contributed by atoms with Crippen LogP contribution in [0, 0.1) is 0 Å². The number of nitrogens with zero attached hydrogens (tertiary/aromatic N) is 3. The van der Waals surface area contributed by atoms with Gasteiger partial charge in [-0.3, -0.25) is 0 Å². The van der Waals surface area contributed by atoms with Crippen LogP contribution in [0.2, 0.25) is 0 Å². The second kappa shape index (κ2) is 10.1. The average molecular weight is 620 g/mol. The third kappa shape index (κ3) is 3.81. The fourth-order valence-corrected chi connectivity index (χ4v) is 8.71. The highest BCUT2D eigenvalue weighted by molar-refractivity contribution is 7.99. The van der Waals surface area contributed by atoms with Gasteiger partial charge in [0, 0.05) is 31.9 Å². The number of benzene rings is 6. The highest BCUT2D eigenvalue weighted by Crippen LogP contribution is 2.63. The van der Waals surface area contributed by atoms with Gasteiger partial charge >= 0.3 is 0 Å². The lowest BCUT2D eigenvalue weighted by atomic mass is 9.67. The molecule has 0 amide bonds. The van der Waals surface area contributed by atoms with Crippen LogP contribution in [0.3, 0.4) is 0 Å². The van der Waals surface area contributed by atoms with E-state index in [-0.39, 0.29) is 0 Å². The molecular weight excluding hydrogens is 595 g/mol. The van der Waals surface area contributed by atoms with Crippen molar-refractivity contribution in [3.63, 3.8) is 0 Å². The van der Waals surface area contributed by atoms with Crippen LogP contribution >= 0.6 is 11.8 Å². The van der Waals surface area contributed by atoms with Crippen molar-refractivity contribution in [2.75, 3.05) is 0 Å². The van der Waals surface area contributed by atoms with Gasteiger partial charge in [0.1, 0.15) is 5.58 Å². The maximum absolute atomic E-state index is 5.95. The molecule has 5 heteroatoms. The molecule has 3 heterocycles. The molecule has 0 radical (unpaired) electrons. The van der Waals surface area contributed by atoms with Crippen molar-refractivity contribution in [3.05, 3.63) is 174 Å². The molecule has 0 N–H and O–H groups in total. The molecule has 6 aromatic carbocycles. The van der Waals surface area contributed by atoms with Crippen LogP contribution < -0.4 is 0 Å². The van der Waals surface area contributed by atoms with Crippen molar-refractivity contribution in [1.29, 1.82) is 0 Å². The highest BCUT2D eigenvalue weighted by atomic mass is 32.2. The van der Waals surface area contributed by atoms with Crippen molar-refractivity contribution < 1.29 is 4.42 Å². The van der Waals surface area contributed by atoms with Gasteiger partial charge in [0.05, 0.1) is 11.7 Å². The van der Waals surface area contributed by atoms with Gasteiger partial charge in [-0.05, 0) is 63.7 Å². The quantitative estimate of drug-likeness (QED) is 0.197. The number of furan rings is 1. The average Bonchev–Trinajstić information content (AvgIpc) is 3.74. The summed E-state index contributed by atoms with van der Waals surface area (Å²) in [5.74, 6) is 1.95. The summed E-state index contributed by atoms with van der Waals surface area (Å²) in [6, 6.07) is 51.2. The van der Waals surface area contributed by atoms with Crippen molar-refractivity contribution in [1.82, 2.24) is 15.0 Å². The van der Waals surface area contributed by atoms with E-state index in [1.165, 1.54) is 43.2 Å². The third-order valence-electron chi connectivity index (χ3n) is 9.49. The van der Waals surface area contributed by atoms with Crippen LogP contribution in [0.25, 0.3) is 56.3 Å². The largest absolute Gasteiger partial charge is 0.464 e. The normalized spacial score (nSPS) is 13.6. The Morgan fingerprint density at radius 2 is 1.04 bits per heavy atom. The Kier molecular flexibility index (Phi) is 5.69. The number of rotatable bonds is 3. The van der Waals surface area contributed by atoms with Gasteiger partial charge in [-0.2, -0.15) is 0 Å². The Morgan fingerprint density at radius 3 is 1.68 bits per heavy atom. The van der Waals surface area contributed by atoms with E-state index in [1.54, 1.807) is 6.26 Å². The molecule has 10 rings (SSSR count). The molecule has 0 atom stereocenters. The molecule has 0 unspecified atom stereocenters. The van der Waals surface area contributed by atoms with Crippen molar-refractivity contribution in [3.8, 4) is 45.3 Å². The first-order chi connectivity index (χ1) is 23.3. The number of fused-ring (bicyclic) bond motifs is 11. The SMILES string of the molecule is c1ccc(-c2nc(-c3ccccc3)nc(-c3ccc4c(c3)C3(c5ccccc5Sc5ccccc53)c3ccc5occc5c3-4)n2)cc1. The Labute approximate surface area is 275 Å². The fraction of sp³-hybridized carbons (Fsp3) is 0.0238. The minimum Gasteiger partial charge on any atom is -0.464 e. The molecule has 1 aliphatic carbocycles. The molecular formula is C42H25N3OS. The van der Waals surface area contributed by atoms with Gasteiger partial charge in [0.25, 0.3) is 0 Å². The topological polar surface area (TPSA) is 51.8 Å². The molecule has 2 aromatic heterocycles. The molecule has 8 aromatic rings. The number of aromatic nitrogens is 3. The molecule has 2 aliphatic rings. The van der Waals surface area contributed by atoms with E-state index in [0.717, 1.165) is 27.7 Å². The summed E-state index contributed by atoms with van der Waals surface area (Å²) in [5.41, 5.74) is 10.7. The first kappa shape index (κ1) is 26.4. The van der Waals surface area contributed by atoms with Crippen molar-refractivity contribution in [2.24, 2.45) is 0 Å². The second-order valence-corrected chi connectivity index (χ2v) is 13.0. The standard InChI is InChI=1S/C42H25N3OS/c1-3-11-26(12-4-1)39-43-40(27-13-5-2-6-14-27)45-41(44-39)28-19-20-29-34(25-28)42(33-21-22-35-30(38(29)33)23-24-46-35)31-15-7-9-17-36(31)47-37-18-10-8-16-32(37)42/h1-25H. The maximum Gasteiger partial charge on any atom is 0.164 e. The van der Waals surface area contributed by atoms with E-state index >= 15 is 0 Å². The van der Waals surface area contributed by atoms with Gasteiger partial charge in [0.15, 0.2) is 17.5 Å². The molecule has 1 spiro atoms. The van der Waals surface area contributed by atoms with E-state index in [0.29, 0.717) is 17.5 Å². The van der Waals surface area contributed by atoms with E-state index in [1.807, 2.05) is 72.4 Å². The highest BCUT2D eigenvalue weighted by Gasteiger charge is 2.51. The lowest BCUT2D eigenvalue weighted by molar-refractivity contribution is 0.615. The number of hydrogen-bond donors (Lipinski definition) is 0. The summed E-state index contributed by atoms with van der Waals surface area (Å²) in [4.78, 5) is 17.7. The fourth-order valence-electron chi connectivity index (χ4n) is 7.52. The summed E-state index contributed by atoms with van der Waals surface area (Å²) < 4.78 is 5.95. The summed E-state index contributed by atoms with van der Waals surface area (Å²) in [7, 11) is 0. The Morgan fingerprint density at radius 1 is 0.468 bits per heavy atom. The van der Waals surface area contributed by atoms with Crippen LogP contribution in [0.1, 0.15) is 22.3 Å². The smallest absolute Gasteiger partial charge is 0.164 e.